The molecular formula is C18H16N10O4S2. The molecule has 2 aromatic heterocycles. The monoisotopic (exact) mass is 500 g/mol. The third-order valence-electron chi connectivity index (χ3n) is 5.24. The van der Waals surface area contributed by atoms with Crippen LogP contribution in [-0.4, -0.2) is 91.5 Å². The number of aromatic nitrogens is 8. The summed E-state index contributed by atoms with van der Waals surface area (Å²) in [5, 5.41) is 39.6. The number of carboxylic acid groups (broad SMARTS) is 1. The topological polar surface area (TPSA) is 196 Å². The Labute approximate surface area is 199 Å². The molecule has 0 saturated carbocycles. The minimum Gasteiger partial charge on any atom is -0.477 e. The van der Waals surface area contributed by atoms with E-state index in [4.69, 9.17) is 0 Å². The summed E-state index contributed by atoms with van der Waals surface area (Å²) in [4.78, 5) is 39.1. The number of β-lactam (4-membered cyclic amide) rings is 1. The number of H-pyrrole nitrogens is 2. The van der Waals surface area contributed by atoms with Crippen molar-refractivity contribution in [1.29, 1.82) is 0 Å². The number of carbonyl (C=O) groups is 3. The van der Waals surface area contributed by atoms with E-state index in [0.29, 0.717) is 27.9 Å². The molecule has 0 radical (unpaired) electrons. The number of tetrazole rings is 2. The molecule has 0 bridgehead atoms. The van der Waals surface area contributed by atoms with Crippen molar-refractivity contribution in [2.24, 2.45) is 0 Å². The Kier molecular flexibility index (Phi) is 5.97. The highest BCUT2D eigenvalue weighted by atomic mass is 32.2. The number of rotatable bonds is 8. The summed E-state index contributed by atoms with van der Waals surface area (Å²) in [6, 6.07) is 7.69. The minimum absolute atomic E-state index is 0.122. The van der Waals surface area contributed by atoms with Crippen LogP contribution in [-0.2, 0) is 16.0 Å². The number of nitrogens with zero attached hydrogens (tertiary/aromatic N) is 7. The predicted molar refractivity (Wildman–Crippen MR) is 117 cm³/mol. The number of carboxylic acids is 1. The number of carbonyl (C=O) groups excluding carboxylic acids is 2. The van der Waals surface area contributed by atoms with Crippen molar-refractivity contribution < 1.29 is 19.5 Å². The molecule has 0 spiro atoms. The minimum atomic E-state index is -1.24. The Morgan fingerprint density at radius 3 is 2.65 bits per heavy atom. The predicted octanol–water partition coefficient (Wildman–Crippen LogP) is -0.531. The molecule has 174 valence electrons. The maximum atomic E-state index is 13.0. The molecule has 2 aliphatic heterocycles. The Balaban J connectivity index is 1.41. The van der Waals surface area contributed by atoms with Crippen molar-refractivity contribution >= 4 is 41.3 Å². The first-order valence-electron chi connectivity index (χ1n) is 9.92. The van der Waals surface area contributed by atoms with E-state index in [1.807, 2.05) is 0 Å². The average Bonchev–Trinajstić information content (AvgIpc) is 3.56. The molecule has 1 fully saturated rings. The largest absolute Gasteiger partial charge is 0.477 e. The van der Waals surface area contributed by atoms with Gasteiger partial charge in [-0.25, -0.2) is 4.79 Å². The Hall–Kier alpha value is -3.79. The zero-order valence-corrected chi connectivity index (χ0v) is 18.8. The van der Waals surface area contributed by atoms with E-state index in [0.717, 1.165) is 0 Å². The fourth-order valence-electron chi connectivity index (χ4n) is 3.70. The van der Waals surface area contributed by atoms with Gasteiger partial charge in [-0.1, -0.05) is 35.2 Å². The van der Waals surface area contributed by atoms with Crippen molar-refractivity contribution in [3.63, 3.8) is 0 Å². The molecule has 34 heavy (non-hydrogen) atoms. The van der Waals surface area contributed by atoms with Gasteiger partial charge in [-0.2, -0.15) is 10.4 Å². The second-order valence-electron chi connectivity index (χ2n) is 7.24. The van der Waals surface area contributed by atoms with E-state index < -0.39 is 34.4 Å². The van der Waals surface area contributed by atoms with Crippen LogP contribution in [0.4, 0.5) is 0 Å². The Morgan fingerprint density at radius 1 is 1.21 bits per heavy atom. The molecule has 2 aliphatic rings. The number of aromatic amines is 2. The van der Waals surface area contributed by atoms with Gasteiger partial charge in [-0.15, -0.1) is 32.2 Å². The van der Waals surface area contributed by atoms with Crippen LogP contribution in [0.15, 0.2) is 46.8 Å². The van der Waals surface area contributed by atoms with Gasteiger partial charge < -0.3 is 10.4 Å². The van der Waals surface area contributed by atoms with Crippen molar-refractivity contribution in [3.05, 3.63) is 53.0 Å². The molecule has 1 aromatic carbocycles. The van der Waals surface area contributed by atoms with Crippen LogP contribution in [0.1, 0.15) is 16.2 Å². The summed E-state index contributed by atoms with van der Waals surface area (Å²) < 4.78 is 0. The van der Waals surface area contributed by atoms with Gasteiger partial charge in [-0.3, -0.25) is 14.5 Å². The van der Waals surface area contributed by atoms with Gasteiger partial charge in [0.1, 0.15) is 17.1 Å². The first-order valence-corrected chi connectivity index (χ1v) is 11.8. The van der Waals surface area contributed by atoms with E-state index in [-0.39, 0.29) is 12.1 Å². The summed E-state index contributed by atoms with van der Waals surface area (Å²) >= 11 is 2.55. The van der Waals surface area contributed by atoms with Gasteiger partial charge in [0, 0.05) is 23.0 Å². The summed E-state index contributed by atoms with van der Waals surface area (Å²) in [6.45, 7) is 0. The molecule has 1 saturated heterocycles. The molecule has 1 unspecified atom stereocenters. The zero-order chi connectivity index (χ0) is 23.7. The highest BCUT2D eigenvalue weighted by molar-refractivity contribution is 8.01. The third kappa shape index (κ3) is 4.12. The number of fused-ring (bicyclic) bond motifs is 1. The molecule has 4 heterocycles. The number of hydrogen-bond donors (Lipinski definition) is 4. The van der Waals surface area contributed by atoms with E-state index >= 15 is 0 Å². The normalized spacial score (nSPS) is 20.5. The lowest BCUT2D eigenvalue weighted by Crippen LogP contribution is -2.70. The fraction of sp³-hybridized carbons (Fsp3) is 0.278. The van der Waals surface area contributed by atoms with Crippen LogP contribution in [0.5, 0.6) is 0 Å². The molecule has 3 aromatic rings. The molecular weight excluding hydrogens is 484 g/mol. The third-order valence-corrected chi connectivity index (χ3v) is 7.66. The summed E-state index contributed by atoms with van der Waals surface area (Å²) in [5.74, 6) is -1.45. The molecule has 0 aliphatic carbocycles. The fourth-order valence-corrected chi connectivity index (χ4v) is 6.24. The zero-order valence-electron chi connectivity index (χ0n) is 17.2. The molecule has 4 N–H and O–H groups in total. The number of aliphatic carboxylic acids is 1. The SMILES string of the molecule is O=C(O)C1=C(C(Cc2nn[nH]n2)Sc2nn[nH]n2)CS[C@@H]2[C@H](NC(=O)c3ccccc3)C(=O)N12. The average molecular weight is 501 g/mol. The van der Waals surface area contributed by atoms with Crippen molar-refractivity contribution in [2.75, 3.05) is 5.75 Å². The van der Waals surface area contributed by atoms with Gasteiger partial charge in [-0.05, 0) is 22.9 Å². The van der Waals surface area contributed by atoms with Crippen LogP contribution in [0.25, 0.3) is 0 Å². The van der Waals surface area contributed by atoms with Gasteiger partial charge in [0.05, 0.1) is 0 Å². The van der Waals surface area contributed by atoms with Crippen molar-refractivity contribution in [3.8, 4) is 0 Å². The van der Waals surface area contributed by atoms with Crippen LogP contribution < -0.4 is 5.32 Å². The van der Waals surface area contributed by atoms with E-state index in [2.05, 4.69) is 46.6 Å². The van der Waals surface area contributed by atoms with Gasteiger partial charge in [0.2, 0.25) is 5.16 Å². The maximum absolute atomic E-state index is 13.0. The van der Waals surface area contributed by atoms with E-state index in [1.165, 1.54) is 28.4 Å². The standard InChI is InChI=1S/C18H16N10O4S2/c29-14(8-4-2-1-3-5-8)19-12-15(30)28-13(17(31)32)9(7-33-16(12)28)10(6-11-20-24-25-21-11)34-18-22-26-27-23-18/h1-5,10,12,16H,6-7H2,(H,19,29)(H,31,32)(H,20,21,24,25)(H,22,23,26,27)/t10?,12-,16-/m1/s1. The molecule has 5 rings (SSSR count). The van der Waals surface area contributed by atoms with Crippen LogP contribution in [0, 0.1) is 0 Å². The van der Waals surface area contributed by atoms with Crippen molar-refractivity contribution in [1.82, 2.24) is 51.5 Å². The highest BCUT2D eigenvalue weighted by Gasteiger charge is 2.55. The summed E-state index contributed by atoms with van der Waals surface area (Å²) in [6.07, 6.45) is 0.225. The lowest BCUT2D eigenvalue weighted by atomic mass is 10.00. The number of hydrogen-bond acceptors (Lipinski definition) is 11. The molecule has 16 heteroatoms. The quantitative estimate of drug-likeness (QED) is 0.228. The molecule has 3 atom stereocenters. The number of thioether (sulfide) groups is 2. The second-order valence-corrected chi connectivity index (χ2v) is 9.51. The van der Waals surface area contributed by atoms with E-state index in [9.17, 15) is 19.5 Å². The Bertz CT molecular complexity index is 1200. The molecule has 2 amide bonds. The number of benzene rings is 1. The first-order chi connectivity index (χ1) is 16.5. The number of nitrogens with one attached hydrogen (secondary N) is 3. The smallest absolute Gasteiger partial charge is 0.352 e. The Morgan fingerprint density at radius 2 is 1.97 bits per heavy atom. The lowest BCUT2D eigenvalue weighted by molar-refractivity contribution is -0.148. The summed E-state index contributed by atoms with van der Waals surface area (Å²) in [7, 11) is 0. The van der Waals surface area contributed by atoms with Crippen LogP contribution in [0.2, 0.25) is 0 Å². The summed E-state index contributed by atoms with van der Waals surface area (Å²) in [5.41, 5.74) is 0.791. The van der Waals surface area contributed by atoms with Gasteiger partial charge in [0.25, 0.3) is 11.8 Å². The van der Waals surface area contributed by atoms with Crippen LogP contribution >= 0.6 is 23.5 Å². The van der Waals surface area contributed by atoms with Gasteiger partial charge >= 0.3 is 5.97 Å². The van der Waals surface area contributed by atoms with Gasteiger partial charge in [0.15, 0.2) is 5.82 Å². The second kappa shape index (κ2) is 9.22. The highest BCUT2D eigenvalue weighted by Crippen LogP contribution is 2.44. The first kappa shape index (κ1) is 22.0. The lowest BCUT2D eigenvalue weighted by Gasteiger charge is -2.50. The molecule has 14 nitrogen and oxygen atoms in total. The van der Waals surface area contributed by atoms with E-state index in [1.54, 1.807) is 30.3 Å². The number of amides is 2. The van der Waals surface area contributed by atoms with Crippen LogP contribution in [0.3, 0.4) is 0 Å². The maximum Gasteiger partial charge on any atom is 0.352 e. The van der Waals surface area contributed by atoms with Crippen molar-refractivity contribution in [2.45, 2.75) is 28.2 Å².